The predicted molar refractivity (Wildman–Crippen MR) is 80.8 cm³/mol. The summed E-state index contributed by atoms with van der Waals surface area (Å²) >= 11 is 3.48. The first-order valence-corrected chi connectivity index (χ1v) is 6.98. The predicted octanol–water partition coefficient (Wildman–Crippen LogP) is 2.25. The summed E-state index contributed by atoms with van der Waals surface area (Å²) in [7, 11) is 1.71. The molecule has 20 heavy (non-hydrogen) atoms. The summed E-state index contributed by atoms with van der Waals surface area (Å²) in [6, 6.07) is 6.05. The van der Waals surface area contributed by atoms with E-state index in [9.17, 15) is 4.79 Å². The molecule has 2 aromatic heterocycles. The molecule has 5 nitrogen and oxygen atoms in total. The van der Waals surface area contributed by atoms with Gasteiger partial charge in [-0.3, -0.25) is 9.13 Å². The maximum Gasteiger partial charge on any atom is 0.331 e. The third-order valence-corrected chi connectivity index (χ3v) is 4.20. The largest absolute Gasteiger partial charge is 0.331 e. The normalized spacial score (nSPS) is 11.2. The average molecular weight is 333 g/mol. The minimum absolute atomic E-state index is 0.105. The van der Waals surface area contributed by atoms with E-state index in [0.29, 0.717) is 17.8 Å². The Morgan fingerprint density at radius 1 is 1.20 bits per heavy atom. The number of nitrogens with zero attached hydrogens (tertiary/aromatic N) is 4. The number of rotatable bonds is 2. The molecule has 0 N–H and O–H groups in total. The lowest BCUT2D eigenvalue weighted by Gasteiger charge is -2.05. The van der Waals surface area contributed by atoms with Gasteiger partial charge in [0.2, 0.25) is 0 Å². The van der Waals surface area contributed by atoms with Crippen LogP contribution in [0.3, 0.4) is 0 Å². The Morgan fingerprint density at radius 2 is 1.90 bits per heavy atom. The lowest BCUT2D eigenvalue weighted by molar-refractivity contribution is 0.730. The van der Waals surface area contributed by atoms with Crippen molar-refractivity contribution >= 4 is 27.2 Å². The molecule has 102 valence electrons. The third kappa shape index (κ3) is 2.06. The van der Waals surface area contributed by atoms with Crippen LogP contribution in [0.5, 0.6) is 0 Å². The summed E-state index contributed by atoms with van der Waals surface area (Å²) in [5, 5.41) is 0. The highest BCUT2D eigenvalue weighted by Gasteiger charge is 2.12. The van der Waals surface area contributed by atoms with Gasteiger partial charge in [0.15, 0.2) is 11.3 Å². The Kier molecular flexibility index (Phi) is 3.17. The highest BCUT2D eigenvalue weighted by atomic mass is 79.9. The van der Waals surface area contributed by atoms with E-state index < -0.39 is 0 Å². The molecule has 0 bridgehead atoms. The molecule has 0 aliphatic heterocycles. The highest BCUT2D eigenvalue weighted by Crippen LogP contribution is 2.18. The number of aromatic nitrogens is 4. The van der Waals surface area contributed by atoms with E-state index in [1.165, 1.54) is 4.57 Å². The molecule has 0 radical (unpaired) electrons. The zero-order chi connectivity index (χ0) is 14.3. The van der Waals surface area contributed by atoms with Crippen molar-refractivity contribution in [3.05, 3.63) is 56.7 Å². The van der Waals surface area contributed by atoms with Crippen molar-refractivity contribution in [2.75, 3.05) is 0 Å². The van der Waals surface area contributed by atoms with Crippen LogP contribution in [-0.2, 0) is 13.6 Å². The molecule has 2 heterocycles. The SMILES string of the molecule is Cc1cc(Cn2c(=O)n(C)c3nccnc32)ccc1Br. The molecule has 0 fully saturated rings. The lowest BCUT2D eigenvalue weighted by Crippen LogP contribution is -2.23. The number of hydrogen-bond donors (Lipinski definition) is 0. The third-order valence-electron chi connectivity index (χ3n) is 3.31. The van der Waals surface area contributed by atoms with E-state index in [2.05, 4.69) is 32.0 Å². The van der Waals surface area contributed by atoms with Crippen molar-refractivity contribution in [3.63, 3.8) is 0 Å². The highest BCUT2D eigenvalue weighted by molar-refractivity contribution is 9.10. The van der Waals surface area contributed by atoms with Gasteiger partial charge in [-0.05, 0) is 24.1 Å². The van der Waals surface area contributed by atoms with Gasteiger partial charge in [-0.2, -0.15) is 0 Å². The van der Waals surface area contributed by atoms with E-state index in [1.807, 2.05) is 19.1 Å². The molecule has 0 atom stereocenters. The van der Waals surface area contributed by atoms with E-state index >= 15 is 0 Å². The summed E-state index contributed by atoms with van der Waals surface area (Å²) < 4.78 is 4.23. The zero-order valence-corrected chi connectivity index (χ0v) is 12.8. The summed E-state index contributed by atoms with van der Waals surface area (Å²) in [5.41, 5.74) is 3.31. The number of imidazole rings is 1. The fraction of sp³-hybridized carbons (Fsp3) is 0.214. The minimum atomic E-state index is -0.105. The van der Waals surface area contributed by atoms with Crippen molar-refractivity contribution in [3.8, 4) is 0 Å². The van der Waals surface area contributed by atoms with E-state index in [0.717, 1.165) is 15.6 Å². The summed E-state index contributed by atoms with van der Waals surface area (Å²) in [5.74, 6) is 0. The average Bonchev–Trinajstić information content (AvgIpc) is 2.69. The zero-order valence-electron chi connectivity index (χ0n) is 11.2. The molecule has 3 rings (SSSR count). The van der Waals surface area contributed by atoms with E-state index in [-0.39, 0.29) is 5.69 Å². The van der Waals surface area contributed by atoms with Crippen LogP contribution in [0, 0.1) is 6.92 Å². The summed E-state index contributed by atoms with van der Waals surface area (Å²) in [4.78, 5) is 20.8. The van der Waals surface area contributed by atoms with Gasteiger partial charge in [0.05, 0.1) is 6.54 Å². The Hall–Kier alpha value is -1.95. The van der Waals surface area contributed by atoms with Gasteiger partial charge in [0.1, 0.15) is 0 Å². The Balaban J connectivity index is 2.13. The minimum Gasteiger partial charge on any atom is -0.278 e. The lowest BCUT2D eigenvalue weighted by atomic mass is 10.1. The number of aryl methyl sites for hydroxylation is 2. The van der Waals surface area contributed by atoms with Crippen LogP contribution in [0.15, 0.2) is 39.9 Å². The number of hydrogen-bond acceptors (Lipinski definition) is 3. The van der Waals surface area contributed by atoms with Gasteiger partial charge >= 0.3 is 5.69 Å². The second kappa shape index (κ2) is 4.86. The molecule has 6 heteroatoms. The van der Waals surface area contributed by atoms with Crippen molar-refractivity contribution in [1.82, 2.24) is 19.1 Å². The number of fused-ring (bicyclic) bond motifs is 1. The van der Waals surface area contributed by atoms with Crippen molar-refractivity contribution in [2.45, 2.75) is 13.5 Å². The molecule has 0 spiro atoms. The number of halogens is 1. The van der Waals surface area contributed by atoms with Crippen LogP contribution in [0.4, 0.5) is 0 Å². The smallest absolute Gasteiger partial charge is 0.278 e. The van der Waals surface area contributed by atoms with Crippen LogP contribution < -0.4 is 5.69 Å². The molecule has 0 unspecified atom stereocenters. The van der Waals surface area contributed by atoms with E-state index in [4.69, 9.17) is 0 Å². The summed E-state index contributed by atoms with van der Waals surface area (Å²) in [6.45, 7) is 2.52. The molecular formula is C14H13BrN4O. The quantitative estimate of drug-likeness (QED) is 0.723. The van der Waals surface area contributed by atoms with E-state index in [1.54, 1.807) is 24.0 Å². The van der Waals surface area contributed by atoms with Crippen LogP contribution in [0.25, 0.3) is 11.3 Å². The molecule has 3 aromatic rings. The topological polar surface area (TPSA) is 52.7 Å². The van der Waals surface area contributed by atoms with Gasteiger partial charge in [-0.25, -0.2) is 14.8 Å². The fourth-order valence-corrected chi connectivity index (χ4v) is 2.49. The maximum atomic E-state index is 12.3. The summed E-state index contributed by atoms with van der Waals surface area (Å²) in [6.07, 6.45) is 3.20. The van der Waals surface area contributed by atoms with Crippen LogP contribution in [-0.4, -0.2) is 19.1 Å². The first-order chi connectivity index (χ1) is 9.58. The van der Waals surface area contributed by atoms with Crippen molar-refractivity contribution in [2.24, 2.45) is 7.05 Å². The van der Waals surface area contributed by atoms with Crippen molar-refractivity contribution in [1.29, 1.82) is 0 Å². The monoisotopic (exact) mass is 332 g/mol. The standard InChI is InChI=1S/C14H13BrN4O/c1-9-7-10(3-4-11(9)15)8-19-13-12(16-5-6-17-13)18(2)14(19)20/h3-7H,8H2,1-2H3. The molecule has 0 aliphatic carbocycles. The van der Waals surface area contributed by atoms with Gasteiger partial charge in [0.25, 0.3) is 0 Å². The number of benzene rings is 1. The molecular weight excluding hydrogens is 320 g/mol. The Morgan fingerprint density at radius 3 is 2.60 bits per heavy atom. The second-order valence-corrected chi connectivity index (χ2v) is 5.57. The maximum absolute atomic E-state index is 12.3. The Labute approximate surface area is 124 Å². The van der Waals surface area contributed by atoms with Crippen LogP contribution in [0.1, 0.15) is 11.1 Å². The Bertz CT molecular complexity index is 850. The first kappa shape index (κ1) is 13.1. The van der Waals surface area contributed by atoms with Gasteiger partial charge in [0, 0.05) is 23.9 Å². The molecule has 0 saturated heterocycles. The second-order valence-electron chi connectivity index (χ2n) is 4.71. The van der Waals surface area contributed by atoms with Crippen LogP contribution >= 0.6 is 15.9 Å². The van der Waals surface area contributed by atoms with Gasteiger partial charge in [-0.1, -0.05) is 28.1 Å². The molecule has 0 amide bonds. The fourth-order valence-electron chi connectivity index (χ4n) is 2.24. The first-order valence-electron chi connectivity index (χ1n) is 6.19. The molecule has 0 aliphatic rings. The molecule has 1 aromatic carbocycles. The van der Waals surface area contributed by atoms with Crippen LogP contribution in [0.2, 0.25) is 0 Å². The van der Waals surface area contributed by atoms with Gasteiger partial charge in [-0.15, -0.1) is 0 Å². The molecule has 0 saturated carbocycles. The van der Waals surface area contributed by atoms with Crippen molar-refractivity contribution < 1.29 is 0 Å². The van der Waals surface area contributed by atoms with Gasteiger partial charge < -0.3 is 0 Å².